The Balaban J connectivity index is 1.22. The second kappa shape index (κ2) is 14.6. The summed E-state index contributed by atoms with van der Waals surface area (Å²) in [6.07, 6.45) is 1.57. The van der Waals surface area contributed by atoms with Crippen molar-refractivity contribution in [2.75, 3.05) is 16.4 Å². The van der Waals surface area contributed by atoms with Gasteiger partial charge in [-0.1, -0.05) is 60.1 Å². The molecule has 1 aromatic heterocycles. The smallest absolute Gasteiger partial charge is 0.295 e. The van der Waals surface area contributed by atoms with E-state index in [1.807, 2.05) is 30.3 Å². The minimum absolute atomic E-state index is 0.0498. The van der Waals surface area contributed by atoms with Crippen LogP contribution in [0.5, 0.6) is 0 Å². The standard InChI is InChI=1S/C35H30ClN5O4S/c1-23-32(35(45)41(40(23)2)28-11-7-4-8-12-28)39-31(42)22-46-29-19-17-27(18-20-29)37-34(44)30(21-24-13-15-26(36)16-14-24)38-33(43)25-9-5-3-6-10-25/h3-21H,22H2,1-2H3,(H,37,44)(H,38,43)(H,39,42)/b30-21-. The predicted octanol–water partition coefficient (Wildman–Crippen LogP) is 6.28. The van der Waals surface area contributed by atoms with Crippen LogP contribution in [0.3, 0.4) is 0 Å². The molecule has 232 valence electrons. The second-order valence-corrected chi connectivity index (χ2v) is 11.7. The van der Waals surface area contributed by atoms with Crippen LogP contribution in [-0.2, 0) is 16.6 Å². The van der Waals surface area contributed by atoms with Gasteiger partial charge in [-0.15, -0.1) is 11.8 Å². The number of amides is 3. The van der Waals surface area contributed by atoms with Gasteiger partial charge >= 0.3 is 0 Å². The Hall–Kier alpha value is -5.32. The second-order valence-electron chi connectivity index (χ2n) is 10.2. The Morgan fingerprint density at radius 3 is 2.11 bits per heavy atom. The fourth-order valence-electron chi connectivity index (χ4n) is 4.54. The SMILES string of the molecule is Cc1c(NC(=O)CSc2ccc(NC(=O)/C(=C/c3ccc(Cl)cc3)NC(=O)c3ccccc3)cc2)c(=O)n(-c2ccccc2)n1C. The van der Waals surface area contributed by atoms with Crippen LogP contribution in [0.2, 0.25) is 5.02 Å². The van der Waals surface area contributed by atoms with Gasteiger partial charge in [0.25, 0.3) is 17.4 Å². The number of aromatic nitrogens is 2. The van der Waals surface area contributed by atoms with Gasteiger partial charge in [0.1, 0.15) is 11.4 Å². The Morgan fingerprint density at radius 1 is 0.826 bits per heavy atom. The molecular formula is C35H30ClN5O4S. The van der Waals surface area contributed by atoms with Crippen molar-refractivity contribution in [1.29, 1.82) is 0 Å². The van der Waals surface area contributed by atoms with E-state index in [1.165, 1.54) is 16.4 Å². The Kier molecular flexibility index (Phi) is 10.2. The highest BCUT2D eigenvalue weighted by molar-refractivity contribution is 8.00. The molecule has 3 N–H and O–H groups in total. The van der Waals surface area contributed by atoms with Crippen LogP contribution in [0.1, 0.15) is 21.6 Å². The lowest BCUT2D eigenvalue weighted by molar-refractivity contribution is -0.114. The number of rotatable bonds is 10. The molecule has 0 aliphatic heterocycles. The number of anilines is 2. The number of hydrogen-bond acceptors (Lipinski definition) is 5. The van der Waals surface area contributed by atoms with Gasteiger partial charge in [0, 0.05) is 28.2 Å². The lowest BCUT2D eigenvalue weighted by Crippen LogP contribution is -2.30. The first-order valence-electron chi connectivity index (χ1n) is 14.2. The number of nitrogens with zero attached hydrogens (tertiary/aromatic N) is 2. The number of hydrogen-bond donors (Lipinski definition) is 3. The first-order chi connectivity index (χ1) is 22.2. The molecule has 0 aliphatic rings. The minimum atomic E-state index is -0.515. The first kappa shape index (κ1) is 32.1. The molecular weight excluding hydrogens is 622 g/mol. The van der Waals surface area contributed by atoms with E-state index in [0.29, 0.717) is 33.2 Å². The van der Waals surface area contributed by atoms with Crippen molar-refractivity contribution in [3.8, 4) is 5.69 Å². The van der Waals surface area contributed by atoms with Crippen molar-refractivity contribution in [3.63, 3.8) is 0 Å². The first-order valence-corrected chi connectivity index (χ1v) is 15.6. The summed E-state index contributed by atoms with van der Waals surface area (Å²) in [4.78, 5) is 52.8. The van der Waals surface area contributed by atoms with E-state index in [0.717, 1.165) is 4.90 Å². The van der Waals surface area contributed by atoms with Gasteiger partial charge in [0.05, 0.1) is 17.1 Å². The van der Waals surface area contributed by atoms with E-state index in [2.05, 4.69) is 16.0 Å². The van der Waals surface area contributed by atoms with Gasteiger partial charge in [-0.2, -0.15) is 0 Å². The number of thioether (sulfide) groups is 1. The summed E-state index contributed by atoms with van der Waals surface area (Å²) in [5, 5.41) is 8.83. The number of para-hydroxylation sites is 1. The van der Waals surface area contributed by atoms with Crippen molar-refractivity contribution in [3.05, 3.63) is 147 Å². The zero-order valence-electron chi connectivity index (χ0n) is 25.0. The molecule has 1 heterocycles. The topological polar surface area (TPSA) is 114 Å². The third kappa shape index (κ3) is 7.84. The Labute approximate surface area is 274 Å². The van der Waals surface area contributed by atoms with E-state index in [9.17, 15) is 19.2 Å². The molecule has 0 fully saturated rings. The van der Waals surface area contributed by atoms with Crippen LogP contribution in [0.15, 0.2) is 125 Å². The largest absolute Gasteiger partial charge is 0.321 e. The fraction of sp³-hybridized carbons (Fsp3) is 0.0857. The Bertz CT molecular complexity index is 1950. The van der Waals surface area contributed by atoms with Crippen molar-refractivity contribution in [2.45, 2.75) is 11.8 Å². The fourth-order valence-corrected chi connectivity index (χ4v) is 5.36. The molecule has 0 aliphatic carbocycles. The summed E-state index contributed by atoms with van der Waals surface area (Å²) in [5.74, 6) is -1.19. The summed E-state index contributed by atoms with van der Waals surface area (Å²) in [6, 6.07) is 31.6. The van der Waals surface area contributed by atoms with Crippen LogP contribution in [0.25, 0.3) is 11.8 Å². The maximum atomic E-state index is 13.3. The van der Waals surface area contributed by atoms with Crippen LogP contribution >= 0.6 is 23.4 Å². The molecule has 11 heteroatoms. The monoisotopic (exact) mass is 651 g/mol. The maximum Gasteiger partial charge on any atom is 0.295 e. The lowest BCUT2D eigenvalue weighted by Gasteiger charge is -2.12. The van der Waals surface area contributed by atoms with Crippen molar-refractivity contribution < 1.29 is 14.4 Å². The summed E-state index contributed by atoms with van der Waals surface area (Å²) in [6.45, 7) is 1.78. The Morgan fingerprint density at radius 2 is 1.46 bits per heavy atom. The molecule has 0 atom stereocenters. The minimum Gasteiger partial charge on any atom is -0.321 e. The molecule has 5 aromatic rings. The molecule has 46 heavy (non-hydrogen) atoms. The molecule has 0 saturated carbocycles. The summed E-state index contributed by atoms with van der Waals surface area (Å²) in [5.41, 5.74) is 2.89. The van der Waals surface area contributed by atoms with Crippen molar-refractivity contribution in [2.24, 2.45) is 7.05 Å². The van der Waals surface area contributed by atoms with Gasteiger partial charge in [-0.3, -0.25) is 23.9 Å². The van der Waals surface area contributed by atoms with Gasteiger partial charge in [0.2, 0.25) is 5.91 Å². The van der Waals surface area contributed by atoms with Crippen LogP contribution in [0, 0.1) is 6.92 Å². The lowest BCUT2D eigenvalue weighted by atomic mass is 10.1. The van der Waals surface area contributed by atoms with E-state index in [1.54, 1.807) is 104 Å². The van der Waals surface area contributed by atoms with Crippen LogP contribution in [-0.4, -0.2) is 32.8 Å². The summed E-state index contributed by atoms with van der Waals surface area (Å²) in [7, 11) is 1.77. The summed E-state index contributed by atoms with van der Waals surface area (Å²) < 4.78 is 3.21. The molecule has 4 aromatic carbocycles. The average molecular weight is 652 g/mol. The predicted molar refractivity (Wildman–Crippen MR) is 184 cm³/mol. The number of carbonyl (C=O) groups is 3. The molecule has 0 bridgehead atoms. The van der Waals surface area contributed by atoms with Gasteiger partial charge in [-0.05, 0) is 79.2 Å². The van der Waals surface area contributed by atoms with Gasteiger partial charge in [-0.25, -0.2) is 4.68 Å². The average Bonchev–Trinajstić information content (AvgIpc) is 3.28. The normalized spacial score (nSPS) is 11.2. The molecule has 3 amide bonds. The van der Waals surface area contributed by atoms with E-state index >= 15 is 0 Å². The zero-order valence-corrected chi connectivity index (χ0v) is 26.6. The molecule has 0 unspecified atom stereocenters. The van der Waals surface area contributed by atoms with Crippen molar-refractivity contribution in [1.82, 2.24) is 14.7 Å². The molecule has 0 spiro atoms. The van der Waals surface area contributed by atoms with E-state index in [4.69, 9.17) is 11.6 Å². The molecule has 0 saturated heterocycles. The van der Waals surface area contributed by atoms with E-state index < -0.39 is 11.8 Å². The molecule has 9 nitrogen and oxygen atoms in total. The van der Waals surface area contributed by atoms with Crippen LogP contribution < -0.4 is 21.5 Å². The zero-order chi connectivity index (χ0) is 32.6. The highest BCUT2D eigenvalue weighted by Crippen LogP contribution is 2.22. The summed E-state index contributed by atoms with van der Waals surface area (Å²) >= 11 is 7.29. The number of benzene rings is 4. The number of nitrogens with one attached hydrogen (secondary N) is 3. The van der Waals surface area contributed by atoms with Gasteiger partial charge in [0.15, 0.2) is 0 Å². The number of halogens is 1. The van der Waals surface area contributed by atoms with Gasteiger partial charge < -0.3 is 16.0 Å². The van der Waals surface area contributed by atoms with E-state index in [-0.39, 0.29) is 28.6 Å². The highest BCUT2D eigenvalue weighted by atomic mass is 35.5. The third-order valence-corrected chi connectivity index (χ3v) is 8.27. The molecule has 0 radical (unpaired) electrons. The third-order valence-electron chi connectivity index (χ3n) is 7.01. The van der Waals surface area contributed by atoms with Crippen LogP contribution in [0.4, 0.5) is 11.4 Å². The quantitative estimate of drug-likeness (QED) is 0.122. The molecule has 5 rings (SSSR count). The number of carbonyl (C=O) groups excluding carboxylic acids is 3. The highest BCUT2D eigenvalue weighted by Gasteiger charge is 2.19. The maximum absolute atomic E-state index is 13.3. The van der Waals surface area contributed by atoms with Crippen molar-refractivity contribution >= 4 is 58.5 Å².